The van der Waals surface area contributed by atoms with Gasteiger partial charge >= 0.3 is 5.97 Å². The molecular formula is C16H13N3O4. The summed E-state index contributed by atoms with van der Waals surface area (Å²) in [6.45, 7) is -0.352. The maximum absolute atomic E-state index is 12.1. The Bertz CT molecular complexity index is 855. The lowest BCUT2D eigenvalue weighted by Crippen LogP contribution is -2.14. The van der Waals surface area contributed by atoms with Crippen LogP contribution in [0, 0.1) is 0 Å². The zero-order valence-corrected chi connectivity index (χ0v) is 12.3. The minimum atomic E-state index is -0.638. The molecule has 0 saturated carbocycles. The molecule has 0 bridgehead atoms. The highest BCUT2D eigenvalue weighted by Gasteiger charge is 2.17. The monoisotopic (exact) mass is 311 g/mol. The molecule has 0 radical (unpaired) electrons. The van der Waals surface area contributed by atoms with Gasteiger partial charge in [0.15, 0.2) is 18.0 Å². The van der Waals surface area contributed by atoms with Gasteiger partial charge in [-0.15, -0.1) is 0 Å². The molecule has 0 saturated heterocycles. The fraction of sp³-hybridized carbons (Fsp3) is 0.125. The number of nitrogens with zero attached hydrogens (tertiary/aromatic N) is 3. The minimum absolute atomic E-state index is 0.216. The molecule has 3 rings (SSSR count). The SMILES string of the molecule is COc1ccc(C(=O)COC(=O)c2cnn3cccnc23)cc1. The van der Waals surface area contributed by atoms with Crippen molar-refractivity contribution in [2.45, 2.75) is 0 Å². The number of ether oxygens (including phenoxy) is 2. The molecule has 1 aromatic carbocycles. The molecule has 7 nitrogen and oxygen atoms in total. The van der Waals surface area contributed by atoms with E-state index in [0.29, 0.717) is 17.0 Å². The minimum Gasteiger partial charge on any atom is -0.497 e. The number of carbonyl (C=O) groups excluding carboxylic acids is 2. The van der Waals surface area contributed by atoms with Gasteiger partial charge < -0.3 is 9.47 Å². The van der Waals surface area contributed by atoms with Gasteiger partial charge in [-0.05, 0) is 30.3 Å². The highest BCUT2D eigenvalue weighted by molar-refractivity contribution is 6.00. The predicted octanol–water partition coefficient (Wildman–Crippen LogP) is 1.78. The third kappa shape index (κ3) is 3.03. The fourth-order valence-corrected chi connectivity index (χ4v) is 2.04. The van der Waals surface area contributed by atoms with Crippen LogP contribution < -0.4 is 4.74 Å². The Morgan fingerprint density at radius 1 is 1.22 bits per heavy atom. The van der Waals surface area contributed by atoms with E-state index in [9.17, 15) is 9.59 Å². The summed E-state index contributed by atoms with van der Waals surface area (Å²) in [6, 6.07) is 8.27. The number of hydrogen-bond acceptors (Lipinski definition) is 6. The van der Waals surface area contributed by atoms with Crippen LogP contribution in [0.4, 0.5) is 0 Å². The summed E-state index contributed by atoms with van der Waals surface area (Å²) in [7, 11) is 1.54. The van der Waals surface area contributed by atoms with Crippen LogP contribution in [0.5, 0.6) is 5.75 Å². The lowest BCUT2D eigenvalue weighted by molar-refractivity contribution is 0.0476. The first-order valence-corrected chi connectivity index (χ1v) is 6.82. The molecule has 116 valence electrons. The second-order valence-electron chi connectivity index (χ2n) is 4.67. The van der Waals surface area contributed by atoms with Crippen molar-refractivity contribution in [1.82, 2.24) is 14.6 Å². The molecule has 0 fully saturated rings. The Morgan fingerprint density at radius 2 is 2.00 bits per heavy atom. The average molecular weight is 311 g/mol. The van der Waals surface area contributed by atoms with Gasteiger partial charge in [0, 0.05) is 18.0 Å². The van der Waals surface area contributed by atoms with Gasteiger partial charge in [0.05, 0.1) is 13.3 Å². The molecule has 23 heavy (non-hydrogen) atoms. The summed E-state index contributed by atoms with van der Waals surface area (Å²) in [6.07, 6.45) is 4.58. The molecule has 0 amide bonds. The number of aromatic nitrogens is 3. The maximum atomic E-state index is 12.1. The van der Waals surface area contributed by atoms with E-state index < -0.39 is 5.97 Å². The number of hydrogen-bond donors (Lipinski definition) is 0. The Morgan fingerprint density at radius 3 is 2.74 bits per heavy atom. The van der Waals surface area contributed by atoms with Gasteiger partial charge in [0.1, 0.15) is 11.3 Å². The van der Waals surface area contributed by atoms with Crippen LogP contribution in [0.1, 0.15) is 20.7 Å². The summed E-state index contributed by atoms with van der Waals surface area (Å²) in [5.74, 6) is -0.290. The van der Waals surface area contributed by atoms with E-state index in [1.165, 1.54) is 10.7 Å². The zero-order chi connectivity index (χ0) is 16.2. The molecule has 3 aromatic rings. The normalized spacial score (nSPS) is 10.5. The smallest absolute Gasteiger partial charge is 0.344 e. The molecule has 2 aromatic heterocycles. The van der Waals surface area contributed by atoms with Crippen LogP contribution in [-0.4, -0.2) is 40.1 Å². The molecule has 2 heterocycles. The number of ketones is 1. The molecule has 0 aliphatic rings. The second kappa shape index (κ2) is 6.27. The summed E-state index contributed by atoms with van der Waals surface area (Å²) in [4.78, 5) is 28.2. The van der Waals surface area contributed by atoms with Gasteiger partial charge in [-0.25, -0.2) is 14.3 Å². The topological polar surface area (TPSA) is 82.8 Å². The Hall–Kier alpha value is -3.22. The molecule has 0 aliphatic heterocycles. The van der Waals surface area contributed by atoms with Crippen molar-refractivity contribution in [2.24, 2.45) is 0 Å². The lowest BCUT2D eigenvalue weighted by Gasteiger charge is -2.04. The number of fused-ring (bicyclic) bond motifs is 1. The van der Waals surface area contributed by atoms with Crippen molar-refractivity contribution in [3.05, 3.63) is 60.0 Å². The molecule has 0 aliphatic carbocycles. The van der Waals surface area contributed by atoms with Crippen molar-refractivity contribution >= 4 is 17.4 Å². The molecule has 7 heteroatoms. The first-order valence-electron chi connectivity index (χ1n) is 6.82. The number of methoxy groups -OCH3 is 1. The van der Waals surface area contributed by atoms with E-state index in [4.69, 9.17) is 9.47 Å². The molecule has 0 spiro atoms. The third-order valence-electron chi connectivity index (χ3n) is 3.25. The van der Waals surface area contributed by atoms with Gasteiger partial charge in [-0.3, -0.25) is 4.79 Å². The van der Waals surface area contributed by atoms with Crippen LogP contribution >= 0.6 is 0 Å². The van der Waals surface area contributed by atoms with Crippen molar-refractivity contribution in [3.8, 4) is 5.75 Å². The zero-order valence-electron chi connectivity index (χ0n) is 12.3. The van der Waals surface area contributed by atoms with E-state index in [1.807, 2.05) is 0 Å². The number of carbonyl (C=O) groups is 2. The number of rotatable bonds is 5. The summed E-state index contributed by atoms with van der Waals surface area (Å²) >= 11 is 0. The summed E-state index contributed by atoms with van der Waals surface area (Å²) in [5.41, 5.74) is 1.04. The van der Waals surface area contributed by atoms with Crippen LogP contribution in [0.15, 0.2) is 48.9 Å². The van der Waals surface area contributed by atoms with E-state index in [0.717, 1.165) is 0 Å². The van der Waals surface area contributed by atoms with Gasteiger partial charge in [-0.1, -0.05) is 0 Å². The lowest BCUT2D eigenvalue weighted by atomic mass is 10.1. The van der Waals surface area contributed by atoms with Crippen molar-refractivity contribution in [1.29, 1.82) is 0 Å². The summed E-state index contributed by atoms with van der Waals surface area (Å²) in [5, 5.41) is 4.00. The Kier molecular flexibility index (Phi) is 4.01. The predicted molar refractivity (Wildman–Crippen MR) is 80.6 cm³/mol. The highest BCUT2D eigenvalue weighted by Crippen LogP contribution is 2.13. The van der Waals surface area contributed by atoms with Crippen LogP contribution in [-0.2, 0) is 4.74 Å². The number of benzene rings is 1. The highest BCUT2D eigenvalue weighted by atomic mass is 16.5. The van der Waals surface area contributed by atoms with Crippen molar-refractivity contribution in [2.75, 3.05) is 13.7 Å². The largest absolute Gasteiger partial charge is 0.497 e. The van der Waals surface area contributed by atoms with E-state index in [1.54, 1.807) is 49.8 Å². The standard InChI is InChI=1S/C16H13N3O4/c1-22-12-5-3-11(4-6-12)14(20)10-23-16(21)13-9-18-19-8-2-7-17-15(13)19/h2-9H,10H2,1H3. The van der Waals surface area contributed by atoms with Crippen molar-refractivity contribution < 1.29 is 19.1 Å². The van der Waals surface area contributed by atoms with Gasteiger partial charge in [0.2, 0.25) is 0 Å². The van der Waals surface area contributed by atoms with Crippen LogP contribution in [0.3, 0.4) is 0 Å². The van der Waals surface area contributed by atoms with Crippen LogP contribution in [0.2, 0.25) is 0 Å². The maximum Gasteiger partial charge on any atom is 0.344 e. The Balaban J connectivity index is 1.67. The van der Waals surface area contributed by atoms with E-state index >= 15 is 0 Å². The molecule has 0 atom stereocenters. The van der Waals surface area contributed by atoms with Gasteiger partial charge in [0.25, 0.3) is 0 Å². The van der Waals surface area contributed by atoms with E-state index in [-0.39, 0.29) is 18.0 Å². The first-order chi connectivity index (χ1) is 11.2. The van der Waals surface area contributed by atoms with Crippen LogP contribution in [0.25, 0.3) is 5.65 Å². The van der Waals surface area contributed by atoms with Gasteiger partial charge in [-0.2, -0.15) is 5.10 Å². The number of esters is 1. The Labute approximate surface area is 131 Å². The van der Waals surface area contributed by atoms with E-state index in [2.05, 4.69) is 10.1 Å². The molecular weight excluding hydrogens is 298 g/mol. The molecule has 0 N–H and O–H groups in total. The fourth-order valence-electron chi connectivity index (χ4n) is 2.04. The molecule has 0 unspecified atom stereocenters. The number of Topliss-reactive ketones (excluding diaryl/α,β-unsaturated/α-hetero) is 1. The first kappa shape index (κ1) is 14.7. The van der Waals surface area contributed by atoms with Crippen molar-refractivity contribution in [3.63, 3.8) is 0 Å². The third-order valence-corrected chi connectivity index (χ3v) is 3.25. The second-order valence-corrected chi connectivity index (χ2v) is 4.67. The quantitative estimate of drug-likeness (QED) is 0.527. The average Bonchev–Trinajstić information content (AvgIpc) is 3.03. The summed E-state index contributed by atoms with van der Waals surface area (Å²) < 4.78 is 11.5.